The van der Waals surface area contributed by atoms with Gasteiger partial charge in [0.25, 0.3) is 5.91 Å². The van der Waals surface area contributed by atoms with Crippen LogP contribution >= 0.6 is 0 Å². The average Bonchev–Trinajstić information content (AvgIpc) is 2.29. The third kappa shape index (κ3) is 1.98. The molecule has 0 aliphatic heterocycles. The number of hydrogen-bond donors (Lipinski definition) is 1. The fourth-order valence-corrected chi connectivity index (χ4v) is 1.40. The van der Waals surface area contributed by atoms with E-state index < -0.39 is 12.3 Å². The molecule has 0 unspecified atom stereocenters. The van der Waals surface area contributed by atoms with Crippen LogP contribution in [0, 0.1) is 0 Å². The van der Waals surface area contributed by atoms with Crippen molar-refractivity contribution in [2.24, 2.45) is 0 Å². The number of benzene rings is 1. The van der Waals surface area contributed by atoms with Gasteiger partial charge in [0.1, 0.15) is 0 Å². The molecule has 0 fully saturated rings. The number of aromatic nitrogens is 1. The number of alkyl halides is 2. The van der Waals surface area contributed by atoms with E-state index in [0.29, 0.717) is 16.6 Å². The Bertz CT molecular complexity index is 523. The van der Waals surface area contributed by atoms with E-state index in [2.05, 4.69) is 10.3 Å². The third-order valence-corrected chi connectivity index (χ3v) is 2.10. The first-order valence-electron chi connectivity index (χ1n) is 4.61. The zero-order valence-electron chi connectivity index (χ0n) is 8.15. The zero-order valence-corrected chi connectivity index (χ0v) is 8.15. The number of rotatable bonds is 2. The van der Waals surface area contributed by atoms with Gasteiger partial charge in [0.2, 0.25) is 0 Å². The zero-order chi connectivity index (χ0) is 11.5. The van der Waals surface area contributed by atoms with Gasteiger partial charge in [-0.15, -0.1) is 0 Å². The predicted molar refractivity (Wildman–Crippen MR) is 56.4 cm³/mol. The summed E-state index contributed by atoms with van der Waals surface area (Å²) in [5, 5.41) is 2.79. The van der Waals surface area contributed by atoms with Gasteiger partial charge >= 0.3 is 6.43 Å². The van der Waals surface area contributed by atoms with Crippen molar-refractivity contribution in [2.75, 3.05) is 5.32 Å². The van der Waals surface area contributed by atoms with Crippen molar-refractivity contribution >= 4 is 22.5 Å². The lowest BCUT2D eigenvalue weighted by molar-refractivity contribution is -0.126. The molecule has 0 spiro atoms. The van der Waals surface area contributed by atoms with Crippen molar-refractivity contribution in [1.29, 1.82) is 0 Å². The van der Waals surface area contributed by atoms with E-state index in [9.17, 15) is 13.6 Å². The van der Waals surface area contributed by atoms with E-state index in [-0.39, 0.29) is 0 Å². The maximum absolute atomic E-state index is 12.1. The number of nitrogens with one attached hydrogen (secondary N) is 1. The van der Waals surface area contributed by atoms with Gasteiger partial charge in [-0.1, -0.05) is 6.07 Å². The smallest absolute Gasteiger partial charge is 0.315 e. The van der Waals surface area contributed by atoms with Crippen molar-refractivity contribution < 1.29 is 13.6 Å². The molecular formula is C11H8F2N2O. The van der Waals surface area contributed by atoms with Gasteiger partial charge in [-0.2, -0.15) is 8.78 Å². The maximum Gasteiger partial charge on any atom is 0.315 e. The monoisotopic (exact) mass is 222 g/mol. The Morgan fingerprint density at radius 1 is 1.25 bits per heavy atom. The lowest BCUT2D eigenvalue weighted by Crippen LogP contribution is -2.20. The van der Waals surface area contributed by atoms with Crippen LogP contribution in [0.15, 0.2) is 36.5 Å². The highest BCUT2D eigenvalue weighted by atomic mass is 19.3. The van der Waals surface area contributed by atoms with E-state index >= 15 is 0 Å². The average molecular weight is 222 g/mol. The maximum atomic E-state index is 12.1. The first kappa shape index (κ1) is 10.5. The molecule has 1 amide bonds. The number of anilines is 1. The molecule has 0 aliphatic rings. The van der Waals surface area contributed by atoms with E-state index in [1.807, 2.05) is 0 Å². The summed E-state index contributed by atoms with van der Waals surface area (Å²) in [6, 6.07) is 8.35. The summed E-state index contributed by atoms with van der Waals surface area (Å²) in [6.07, 6.45) is -1.42. The number of pyridine rings is 1. The molecule has 1 aromatic carbocycles. The van der Waals surface area contributed by atoms with Crippen molar-refractivity contribution in [3.63, 3.8) is 0 Å². The van der Waals surface area contributed by atoms with Gasteiger partial charge in [-0.05, 0) is 24.3 Å². The number of carbonyl (C=O) groups is 1. The minimum atomic E-state index is -3.02. The van der Waals surface area contributed by atoms with E-state index in [0.717, 1.165) is 0 Å². The Hall–Kier alpha value is -2.04. The summed E-state index contributed by atoms with van der Waals surface area (Å²) in [6.45, 7) is 0. The lowest BCUT2D eigenvalue weighted by atomic mass is 10.2. The Morgan fingerprint density at radius 2 is 2.06 bits per heavy atom. The van der Waals surface area contributed by atoms with Crippen LogP contribution in [0.1, 0.15) is 0 Å². The summed E-state index contributed by atoms with van der Waals surface area (Å²) in [5.74, 6) is -1.31. The Kier molecular flexibility index (Phi) is 2.76. The summed E-state index contributed by atoms with van der Waals surface area (Å²) in [5.41, 5.74) is 0.991. The molecule has 1 heterocycles. The molecule has 5 heteroatoms. The second-order valence-electron chi connectivity index (χ2n) is 3.17. The molecule has 0 atom stereocenters. The van der Waals surface area contributed by atoms with Crippen molar-refractivity contribution in [1.82, 2.24) is 4.98 Å². The molecular weight excluding hydrogens is 214 g/mol. The van der Waals surface area contributed by atoms with Crippen LogP contribution < -0.4 is 5.32 Å². The highest BCUT2D eigenvalue weighted by Gasteiger charge is 2.15. The second kappa shape index (κ2) is 4.22. The molecule has 0 saturated carbocycles. The standard InChI is InChI=1S/C11H8F2N2O/c12-10(13)11(16)15-9-5-1-4-8-7(9)3-2-6-14-8/h1-6,10H,(H,15,16). The number of hydrogen-bond acceptors (Lipinski definition) is 2. The lowest BCUT2D eigenvalue weighted by Gasteiger charge is -2.07. The minimum Gasteiger partial charge on any atom is -0.320 e. The predicted octanol–water partition coefficient (Wildman–Crippen LogP) is 2.44. The van der Waals surface area contributed by atoms with E-state index in [1.165, 1.54) is 0 Å². The van der Waals surface area contributed by atoms with Crippen LogP contribution in [0.4, 0.5) is 14.5 Å². The van der Waals surface area contributed by atoms with Crippen LogP contribution in [0.3, 0.4) is 0 Å². The SMILES string of the molecule is O=C(Nc1cccc2ncccc12)C(F)F. The summed E-state index contributed by atoms with van der Waals surface area (Å²) in [4.78, 5) is 14.9. The highest BCUT2D eigenvalue weighted by molar-refractivity contribution is 6.01. The first-order valence-corrected chi connectivity index (χ1v) is 4.61. The molecule has 2 rings (SSSR count). The van der Waals surface area contributed by atoms with Crippen LogP contribution in [0.25, 0.3) is 10.9 Å². The number of carbonyl (C=O) groups excluding carboxylic acids is 1. The summed E-state index contributed by atoms with van der Waals surface area (Å²) in [7, 11) is 0. The Labute approximate surface area is 90.1 Å². The highest BCUT2D eigenvalue weighted by Crippen LogP contribution is 2.21. The van der Waals surface area contributed by atoms with Gasteiger partial charge in [-0.25, -0.2) is 0 Å². The first-order chi connectivity index (χ1) is 7.68. The third-order valence-electron chi connectivity index (χ3n) is 2.10. The normalized spacial score (nSPS) is 10.7. The Balaban J connectivity index is 2.41. The van der Waals surface area contributed by atoms with Gasteiger partial charge in [0, 0.05) is 11.6 Å². The molecule has 82 valence electrons. The summed E-state index contributed by atoms with van der Waals surface area (Å²) < 4.78 is 24.2. The fraction of sp³-hybridized carbons (Fsp3) is 0.0909. The van der Waals surface area contributed by atoms with E-state index in [4.69, 9.17) is 0 Å². The van der Waals surface area contributed by atoms with Crippen LogP contribution in [0.5, 0.6) is 0 Å². The molecule has 0 saturated heterocycles. The van der Waals surface area contributed by atoms with Gasteiger partial charge in [-0.3, -0.25) is 9.78 Å². The van der Waals surface area contributed by atoms with Crippen LogP contribution in [-0.2, 0) is 4.79 Å². The van der Waals surface area contributed by atoms with E-state index in [1.54, 1.807) is 36.5 Å². The largest absolute Gasteiger partial charge is 0.320 e. The number of halogens is 2. The van der Waals surface area contributed by atoms with Crippen LogP contribution in [0.2, 0.25) is 0 Å². The number of fused-ring (bicyclic) bond motifs is 1. The summed E-state index contributed by atoms with van der Waals surface area (Å²) >= 11 is 0. The van der Waals surface area contributed by atoms with Gasteiger partial charge < -0.3 is 5.32 Å². The molecule has 0 aliphatic carbocycles. The quantitative estimate of drug-likeness (QED) is 0.847. The van der Waals surface area contributed by atoms with Gasteiger partial charge in [0.15, 0.2) is 0 Å². The fourth-order valence-electron chi connectivity index (χ4n) is 1.40. The number of amides is 1. The minimum absolute atomic E-state index is 0.343. The molecule has 1 aromatic heterocycles. The molecule has 0 bridgehead atoms. The van der Waals surface area contributed by atoms with Gasteiger partial charge in [0.05, 0.1) is 11.2 Å². The second-order valence-corrected chi connectivity index (χ2v) is 3.17. The molecule has 3 nitrogen and oxygen atoms in total. The van der Waals surface area contributed by atoms with Crippen molar-refractivity contribution in [2.45, 2.75) is 6.43 Å². The van der Waals surface area contributed by atoms with Crippen molar-refractivity contribution in [3.05, 3.63) is 36.5 Å². The van der Waals surface area contributed by atoms with Crippen molar-refractivity contribution in [3.8, 4) is 0 Å². The van der Waals surface area contributed by atoms with Crippen LogP contribution in [-0.4, -0.2) is 17.3 Å². The molecule has 2 aromatic rings. The topological polar surface area (TPSA) is 42.0 Å². The molecule has 0 radical (unpaired) electrons. The molecule has 16 heavy (non-hydrogen) atoms. The Morgan fingerprint density at radius 3 is 2.81 bits per heavy atom. The number of nitrogens with zero attached hydrogens (tertiary/aromatic N) is 1. The molecule has 1 N–H and O–H groups in total.